The number of methoxy groups -OCH3 is 1. The van der Waals surface area contributed by atoms with Gasteiger partial charge >= 0.3 is 5.97 Å². The predicted octanol–water partition coefficient (Wildman–Crippen LogP) is 0.587. The molecule has 1 heterocycles. The first-order valence-corrected chi connectivity index (χ1v) is 4.47. The molecule has 0 spiro atoms. The molecule has 1 aliphatic heterocycles. The van der Waals surface area contributed by atoms with Crippen molar-refractivity contribution < 1.29 is 9.53 Å². The van der Waals surface area contributed by atoms with Gasteiger partial charge in [-0.1, -0.05) is 18.2 Å². The third kappa shape index (κ3) is 1.65. The average Bonchev–Trinajstić information content (AvgIpc) is 1.97. The van der Waals surface area contributed by atoms with Crippen LogP contribution in [0.3, 0.4) is 0 Å². The Balaban J connectivity index is 1.69. The highest BCUT2D eigenvalue weighted by atomic mass is 16.5. The van der Waals surface area contributed by atoms with E-state index in [4.69, 9.17) is 0 Å². The molecule has 1 aliphatic carbocycles. The first kappa shape index (κ1) is 8.51. The van der Waals surface area contributed by atoms with E-state index in [0.717, 1.165) is 19.6 Å². The van der Waals surface area contributed by atoms with Crippen molar-refractivity contribution in [3.63, 3.8) is 0 Å². The monoisotopic (exact) mass is 179 g/mol. The van der Waals surface area contributed by atoms with Crippen LogP contribution in [0.5, 0.6) is 0 Å². The van der Waals surface area contributed by atoms with Gasteiger partial charge in [0.2, 0.25) is 0 Å². The van der Waals surface area contributed by atoms with Crippen molar-refractivity contribution in [2.24, 2.45) is 5.92 Å². The van der Waals surface area contributed by atoms with E-state index in [0.29, 0.717) is 0 Å². The van der Waals surface area contributed by atoms with E-state index >= 15 is 0 Å². The fourth-order valence-corrected chi connectivity index (χ4v) is 1.61. The second kappa shape index (κ2) is 3.34. The minimum Gasteiger partial charge on any atom is -0.469 e. The van der Waals surface area contributed by atoms with Crippen molar-refractivity contribution in [1.82, 2.24) is 4.90 Å². The Morgan fingerprint density at radius 1 is 1.69 bits per heavy atom. The van der Waals surface area contributed by atoms with E-state index in [1.165, 1.54) is 12.7 Å². The van der Waals surface area contributed by atoms with Gasteiger partial charge in [0.05, 0.1) is 13.0 Å². The van der Waals surface area contributed by atoms with Gasteiger partial charge in [0, 0.05) is 19.6 Å². The maximum absolute atomic E-state index is 11.0. The molecule has 0 atom stereocenters. The zero-order valence-electron chi connectivity index (χ0n) is 7.69. The SMILES string of the molecule is COC(=O)C1CN(CC2=CC=C2)C1. The molecule has 0 aromatic carbocycles. The Morgan fingerprint density at radius 3 is 2.85 bits per heavy atom. The predicted molar refractivity (Wildman–Crippen MR) is 49.2 cm³/mol. The van der Waals surface area contributed by atoms with Crippen LogP contribution in [0.4, 0.5) is 0 Å². The maximum atomic E-state index is 11.0. The molecule has 70 valence electrons. The second-order valence-electron chi connectivity index (χ2n) is 3.51. The largest absolute Gasteiger partial charge is 0.469 e. The summed E-state index contributed by atoms with van der Waals surface area (Å²) >= 11 is 0. The average molecular weight is 179 g/mol. The number of esters is 1. The van der Waals surface area contributed by atoms with E-state index in [2.05, 4.69) is 21.8 Å². The summed E-state index contributed by atoms with van der Waals surface area (Å²) in [4.78, 5) is 13.3. The molecule has 3 nitrogen and oxygen atoms in total. The maximum Gasteiger partial charge on any atom is 0.311 e. The Bertz CT molecular complexity index is 275. The Morgan fingerprint density at radius 2 is 2.38 bits per heavy atom. The molecule has 1 saturated heterocycles. The smallest absolute Gasteiger partial charge is 0.311 e. The molecule has 13 heavy (non-hydrogen) atoms. The molecular formula is C10H13NO2. The van der Waals surface area contributed by atoms with Gasteiger partial charge in [-0.25, -0.2) is 0 Å². The summed E-state index contributed by atoms with van der Waals surface area (Å²) in [5.41, 5.74) is 1.35. The number of allylic oxidation sites excluding steroid dienone is 2. The van der Waals surface area contributed by atoms with Crippen LogP contribution in [0, 0.1) is 5.92 Å². The zero-order chi connectivity index (χ0) is 9.26. The summed E-state index contributed by atoms with van der Waals surface area (Å²) in [6, 6.07) is 0. The number of carbonyl (C=O) groups excluding carboxylic acids is 1. The molecule has 0 unspecified atom stereocenters. The van der Waals surface area contributed by atoms with Gasteiger partial charge in [0.1, 0.15) is 0 Å². The number of nitrogens with zero attached hydrogens (tertiary/aromatic N) is 1. The van der Waals surface area contributed by atoms with Gasteiger partial charge in [-0.15, -0.1) is 0 Å². The number of ether oxygens (including phenoxy) is 1. The zero-order valence-corrected chi connectivity index (χ0v) is 7.69. The normalized spacial score (nSPS) is 21.8. The molecule has 2 rings (SSSR count). The molecule has 3 heteroatoms. The molecular weight excluding hydrogens is 166 g/mol. The van der Waals surface area contributed by atoms with E-state index in [1.807, 2.05) is 6.08 Å². The number of hydrogen-bond acceptors (Lipinski definition) is 3. The minimum absolute atomic E-state index is 0.0746. The van der Waals surface area contributed by atoms with Crippen LogP contribution in [0.15, 0.2) is 23.8 Å². The minimum atomic E-state index is -0.0746. The number of rotatable bonds is 3. The first-order valence-electron chi connectivity index (χ1n) is 4.47. The van der Waals surface area contributed by atoms with Crippen LogP contribution in [0.25, 0.3) is 0 Å². The van der Waals surface area contributed by atoms with Crippen LogP contribution in [0.1, 0.15) is 0 Å². The fraction of sp³-hybridized carbons (Fsp3) is 0.500. The van der Waals surface area contributed by atoms with Gasteiger partial charge in [-0.2, -0.15) is 0 Å². The molecule has 0 aromatic rings. The highest BCUT2D eigenvalue weighted by Crippen LogP contribution is 2.20. The van der Waals surface area contributed by atoms with Crippen LogP contribution >= 0.6 is 0 Å². The van der Waals surface area contributed by atoms with Gasteiger partial charge < -0.3 is 4.74 Å². The summed E-state index contributed by atoms with van der Waals surface area (Å²) in [5.74, 6) is 0.0315. The van der Waals surface area contributed by atoms with E-state index in [9.17, 15) is 4.79 Å². The summed E-state index contributed by atoms with van der Waals surface area (Å²) in [6.45, 7) is 2.67. The highest BCUT2D eigenvalue weighted by molar-refractivity contribution is 5.73. The molecule has 0 bridgehead atoms. The Hall–Kier alpha value is -1.09. The van der Waals surface area contributed by atoms with Crippen molar-refractivity contribution in [1.29, 1.82) is 0 Å². The van der Waals surface area contributed by atoms with Crippen molar-refractivity contribution in [3.05, 3.63) is 23.8 Å². The summed E-state index contributed by atoms with van der Waals surface area (Å²) in [6.07, 6.45) is 6.24. The lowest BCUT2D eigenvalue weighted by Gasteiger charge is -2.37. The summed E-state index contributed by atoms with van der Waals surface area (Å²) < 4.78 is 4.65. The fourth-order valence-electron chi connectivity index (χ4n) is 1.61. The van der Waals surface area contributed by atoms with Gasteiger partial charge in [0.25, 0.3) is 0 Å². The number of carbonyl (C=O) groups is 1. The van der Waals surface area contributed by atoms with Gasteiger partial charge in [-0.3, -0.25) is 9.69 Å². The molecule has 0 aromatic heterocycles. The van der Waals surface area contributed by atoms with Gasteiger partial charge in [0.15, 0.2) is 0 Å². The highest BCUT2D eigenvalue weighted by Gasteiger charge is 2.33. The summed E-state index contributed by atoms with van der Waals surface area (Å²) in [5, 5.41) is 0. The topological polar surface area (TPSA) is 29.5 Å². The molecule has 0 saturated carbocycles. The number of hydrogen-bond donors (Lipinski definition) is 0. The third-order valence-corrected chi connectivity index (χ3v) is 2.52. The molecule has 2 aliphatic rings. The molecule has 1 fully saturated rings. The van der Waals surface area contributed by atoms with Crippen LogP contribution < -0.4 is 0 Å². The quantitative estimate of drug-likeness (QED) is 0.594. The van der Waals surface area contributed by atoms with E-state index in [1.54, 1.807) is 0 Å². The molecule has 0 amide bonds. The van der Waals surface area contributed by atoms with Crippen LogP contribution in [-0.4, -0.2) is 37.6 Å². The lowest BCUT2D eigenvalue weighted by Crippen LogP contribution is -2.51. The summed E-state index contributed by atoms with van der Waals surface area (Å²) in [7, 11) is 1.45. The first-order chi connectivity index (χ1) is 6.29. The van der Waals surface area contributed by atoms with E-state index < -0.39 is 0 Å². The van der Waals surface area contributed by atoms with Crippen molar-refractivity contribution in [2.45, 2.75) is 0 Å². The van der Waals surface area contributed by atoms with Crippen LogP contribution in [-0.2, 0) is 9.53 Å². The van der Waals surface area contributed by atoms with E-state index in [-0.39, 0.29) is 11.9 Å². The standard InChI is InChI=1S/C10H13NO2/c1-13-10(12)9-6-11(7-9)5-8-3-2-4-8/h2-4,9H,5-7H2,1H3. The Kier molecular flexibility index (Phi) is 2.19. The van der Waals surface area contributed by atoms with Crippen molar-refractivity contribution in [2.75, 3.05) is 26.7 Å². The molecule has 0 N–H and O–H groups in total. The lowest BCUT2D eigenvalue weighted by molar-refractivity contribution is -0.151. The van der Waals surface area contributed by atoms with Gasteiger partial charge in [-0.05, 0) is 5.57 Å². The Labute approximate surface area is 77.7 Å². The van der Waals surface area contributed by atoms with Crippen molar-refractivity contribution >= 4 is 5.97 Å². The van der Waals surface area contributed by atoms with Crippen molar-refractivity contribution in [3.8, 4) is 0 Å². The second-order valence-corrected chi connectivity index (χ2v) is 3.51. The third-order valence-electron chi connectivity index (χ3n) is 2.52. The molecule has 0 radical (unpaired) electrons. The number of likely N-dealkylation sites (tertiary alicyclic amines) is 1. The lowest BCUT2D eigenvalue weighted by atomic mass is 9.98. The van der Waals surface area contributed by atoms with Crippen LogP contribution in [0.2, 0.25) is 0 Å².